The molecule has 0 radical (unpaired) electrons. The number of allylic oxidation sites excluding steroid dienone is 1. The van der Waals surface area contributed by atoms with Crippen LogP contribution in [0.3, 0.4) is 0 Å². The molecule has 2 heterocycles. The number of hydrogen-bond acceptors (Lipinski definition) is 5. The van der Waals surface area contributed by atoms with Crippen molar-refractivity contribution in [2.24, 2.45) is 0 Å². The highest BCUT2D eigenvalue weighted by Gasteiger charge is 2.41. The molecule has 1 aromatic carbocycles. The van der Waals surface area contributed by atoms with E-state index in [4.69, 9.17) is 9.47 Å². The van der Waals surface area contributed by atoms with E-state index >= 15 is 0 Å². The van der Waals surface area contributed by atoms with Crippen molar-refractivity contribution in [3.63, 3.8) is 0 Å². The zero-order valence-electron chi connectivity index (χ0n) is 16.2. The molecule has 1 amide bonds. The van der Waals surface area contributed by atoms with Gasteiger partial charge in [0.05, 0.1) is 19.9 Å². The maximum atomic E-state index is 13.3. The van der Waals surface area contributed by atoms with E-state index in [1.54, 1.807) is 30.9 Å². The van der Waals surface area contributed by atoms with Gasteiger partial charge in [0.25, 0.3) is 15.9 Å². The van der Waals surface area contributed by atoms with E-state index in [1.807, 2.05) is 0 Å². The van der Waals surface area contributed by atoms with Gasteiger partial charge in [0.1, 0.15) is 0 Å². The van der Waals surface area contributed by atoms with Crippen molar-refractivity contribution in [3.8, 4) is 11.5 Å². The van der Waals surface area contributed by atoms with Crippen LogP contribution >= 0.6 is 0 Å². The molecule has 0 bridgehead atoms. The second kappa shape index (κ2) is 7.42. The fourth-order valence-corrected chi connectivity index (χ4v) is 5.60. The molecule has 148 valence electrons. The summed E-state index contributed by atoms with van der Waals surface area (Å²) in [6.07, 6.45) is 2.86. The van der Waals surface area contributed by atoms with Gasteiger partial charge < -0.3 is 14.4 Å². The van der Waals surface area contributed by atoms with Crippen molar-refractivity contribution < 1.29 is 22.7 Å². The van der Waals surface area contributed by atoms with Crippen LogP contribution in [-0.4, -0.2) is 53.1 Å². The van der Waals surface area contributed by atoms with E-state index in [2.05, 4.69) is 0 Å². The van der Waals surface area contributed by atoms with Crippen molar-refractivity contribution >= 4 is 27.2 Å². The Balaban J connectivity index is 2.22. The van der Waals surface area contributed by atoms with Gasteiger partial charge in [0.15, 0.2) is 16.4 Å². The molecule has 0 atom stereocenters. The number of nitrogens with zero attached hydrogens (tertiary/aromatic N) is 2. The molecular weight excluding hydrogens is 368 g/mol. The summed E-state index contributed by atoms with van der Waals surface area (Å²) >= 11 is 0. The van der Waals surface area contributed by atoms with E-state index in [-0.39, 0.29) is 11.4 Å². The lowest BCUT2D eigenvalue weighted by Crippen LogP contribution is -2.44. The summed E-state index contributed by atoms with van der Waals surface area (Å²) in [7, 11) is -0.911. The van der Waals surface area contributed by atoms with Gasteiger partial charge in [-0.3, -0.25) is 9.10 Å². The van der Waals surface area contributed by atoms with Gasteiger partial charge in [-0.1, -0.05) is 0 Å². The smallest absolute Gasteiger partial charge is 0.270 e. The minimum atomic E-state index is -3.94. The molecule has 2 aliphatic heterocycles. The van der Waals surface area contributed by atoms with Crippen LogP contribution in [0.4, 0.5) is 5.69 Å². The Bertz CT molecular complexity index is 886. The monoisotopic (exact) mass is 394 g/mol. The number of amides is 1. The molecule has 0 N–H and O–H groups in total. The zero-order chi connectivity index (χ0) is 19.8. The first kappa shape index (κ1) is 19.5. The number of anilines is 1. The van der Waals surface area contributed by atoms with E-state index in [0.717, 1.165) is 19.3 Å². The molecule has 0 aliphatic carbocycles. The van der Waals surface area contributed by atoms with Crippen molar-refractivity contribution in [2.45, 2.75) is 33.1 Å². The van der Waals surface area contributed by atoms with E-state index < -0.39 is 15.9 Å². The van der Waals surface area contributed by atoms with Crippen molar-refractivity contribution in [1.82, 2.24) is 4.90 Å². The number of carbonyl (C=O) groups excluding carboxylic acids is 1. The minimum absolute atomic E-state index is 0.133. The van der Waals surface area contributed by atoms with E-state index in [0.29, 0.717) is 41.4 Å². The van der Waals surface area contributed by atoms with Crippen LogP contribution in [0.15, 0.2) is 17.0 Å². The van der Waals surface area contributed by atoms with Crippen LogP contribution in [0.5, 0.6) is 11.5 Å². The fraction of sp³-hybridized carbons (Fsp3) is 0.526. The average Bonchev–Trinajstić information content (AvgIpc) is 2.67. The van der Waals surface area contributed by atoms with Crippen LogP contribution in [-0.2, 0) is 14.8 Å². The van der Waals surface area contributed by atoms with Crippen LogP contribution < -0.4 is 13.8 Å². The SMILES string of the molecule is CCN1c2cc(OC)c(OC)cc2C(C)=C(C(=O)N2CCCCC2)S1(=O)=O. The van der Waals surface area contributed by atoms with Gasteiger partial charge >= 0.3 is 0 Å². The third-order valence-corrected chi connectivity index (χ3v) is 7.22. The first-order valence-corrected chi connectivity index (χ1v) is 10.6. The number of ether oxygens (including phenoxy) is 2. The molecule has 0 saturated carbocycles. The van der Waals surface area contributed by atoms with Gasteiger partial charge in [-0.25, -0.2) is 8.42 Å². The highest BCUT2D eigenvalue weighted by atomic mass is 32.2. The maximum Gasteiger partial charge on any atom is 0.270 e. The highest BCUT2D eigenvalue weighted by Crippen LogP contribution is 2.45. The molecule has 0 aromatic heterocycles. The molecule has 8 heteroatoms. The second-order valence-electron chi connectivity index (χ2n) is 6.70. The van der Waals surface area contributed by atoms with Gasteiger partial charge in [-0.15, -0.1) is 0 Å². The number of piperidine rings is 1. The molecule has 3 rings (SSSR count). The predicted molar refractivity (Wildman–Crippen MR) is 105 cm³/mol. The lowest BCUT2D eigenvalue weighted by Gasteiger charge is -2.35. The van der Waals surface area contributed by atoms with Crippen LogP contribution in [0.1, 0.15) is 38.7 Å². The summed E-state index contributed by atoms with van der Waals surface area (Å²) in [6.45, 7) is 4.84. The van der Waals surface area contributed by atoms with Crippen LogP contribution in [0, 0.1) is 0 Å². The first-order valence-electron chi connectivity index (χ1n) is 9.16. The number of carbonyl (C=O) groups is 1. The van der Waals surface area contributed by atoms with Crippen molar-refractivity contribution in [2.75, 3.05) is 38.2 Å². The highest BCUT2D eigenvalue weighted by molar-refractivity contribution is 7.97. The van der Waals surface area contributed by atoms with Crippen molar-refractivity contribution in [1.29, 1.82) is 0 Å². The number of benzene rings is 1. The fourth-order valence-electron chi connectivity index (χ4n) is 3.78. The van der Waals surface area contributed by atoms with Crippen molar-refractivity contribution in [3.05, 3.63) is 22.6 Å². The standard InChI is InChI=1S/C19H26N2O5S/c1-5-21-15-12-17(26-4)16(25-3)11-14(15)13(2)18(27(21,23)24)19(22)20-9-7-6-8-10-20/h11-12H,5-10H2,1-4H3. The molecular formula is C19H26N2O5S. The number of hydrogen-bond donors (Lipinski definition) is 0. The van der Waals surface area contributed by atoms with Crippen LogP contribution in [0.2, 0.25) is 0 Å². The number of likely N-dealkylation sites (tertiary alicyclic amines) is 1. The van der Waals surface area contributed by atoms with Gasteiger partial charge in [-0.05, 0) is 44.7 Å². The quantitative estimate of drug-likeness (QED) is 0.785. The number of sulfonamides is 1. The molecule has 1 saturated heterocycles. The molecule has 1 fully saturated rings. The Morgan fingerprint density at radius 3 is 2.22 bits per heavy atom. The summed E-state index contributed by atoms with van der Waals surface area (Å²) in [5, 5.41) is 0. The number of fused-ring (bicyclic) bond motifs is 1. The summed E-state index contributed by atoms with van der Waals surface area (Å²) in [5.41, 5.74) is 1.62. The lowest BCUT2D eigenvalue weighted by molar-refractivity contribution is -0.127. The summed E-state index contributed by atoms with van der Waals surface area (Å²) < 4.78 is 38.6. The Hall–Kier alpha value is -2.22. The second-order valence-corrected chi connectivity index (χ2v) is 8.50. The minimum Gasteiger partial charge on any atom is -0.493 e. The van der Waals surface area contributed by atoms with E-state index in [1.165, 1.54) is 18.5 Å². The lowest BCUT2D eigenvalue weighted by atomic mass is 10.0. The van der Waals surface area contributed by atoms with Gasteiger partial charge in [-0.2, -0.15) is 0 Å². The summed E-state index contributed by atoms with van der Waals surface area (Å²) in [4.78, 5) is 14.7. The molecule has 27 heavy (non-hydrogen) atoms. The third kappa shape index (κ3) is 3.16. The predicted octanol–water partition coefficient (Wildman–Crippen LogP) is 2.62. The zero-order valence-corrected chi connectivity index (χ0v) is 17.1. The molecule has 7 nitrogen and oxygen atoms in total. The Labute approximate surface area is 160 Å². The summed E-state index contributed by atoms with van der Waals surface area (Å²) in [5.74, 6) is 0.533. The Morgan fingerprint density at radius 1 is 1.07 bits per heavy atom. The topological polar surface area (TPSA) is 76.2 Å². The Kier molecular flexibility index (Phi) is 5.37. The van der Waals surface area contributed by atoms with Gasteiger partial charge in [0, 0.05) is 31.3 Å². The summed E-state index contributed by atoms with van der Waals surface area (Å²) in [6, 6.07) is 3.39. The third-order valence-electron chi connectivity index (χ3n) is 5.19. The van der Waals surface area contributed by atoms with E-state index in [9.17, 15) is 13.2 Å². The maximum absolute atomic E-state index is 13.3. The molecule has 0 unspecified atom stereocenters. The molecule has 0 spiro atoms. The molecule has 1 aromatic rings. The normalized spacial score (nSPS) is 19.0. The largest absolute Gasteiger partial charge is 0.493 e. The number of rotatable bonds is 4. The first-order chi connectivity index (χ1) is 12.9. The number of methoxy groups -OCH3 is 2. The Morgan fingerprint density at radius 2 is 1.67 bits per heavy atom. The molecule has 2 aliphatic rings. The van der Waals surface area contributed by atoms with Crippen LogP contribution in [0.25, 0.3) is 5.57 Å². The average molecular weight is 394 g/mol. The van der Waals surface area contributed by atoms with Gasteiger partial charge in [0.2, 0.25) is 0 Å².